The third kappa shape index (κ3) is 3.22. The average Bonchev–Trinajstić information content (AvgIpc) is 2.38. The monoisotopic (exact) mass is 263 g/mol. The van der Waals surface area contributed by atoms with E-state index in [1.165, 1.54) is 0 Å². The lowest BCUT2D eigenvalue weighted by Gasteiger charge is -2.14. The van der Waals surface area contributed by atoms with E-state index in [4.69, 9.17) is 16.3 Å². The van der Waals surface area contributed by atoms with Gasteiger partial charge in [0, 0.05) is 23.0 Å². The molecule has 0 aliphatic rings. The highest BCUT2D eigenvalue weighted by Gasteiger charge is 2.11. The Balaban J connectivity index is 1.98. The van der Waals surface area contributed by atoms with Crippen molar-refractivity contribution < 1.29 is 9.84 Å². The zero-order chi connectivity index (χ0) is 13.0. The molecule has 0 aliphatic heterocycles. The van der Waals surface area contributed by atoms with Crippen LogP contribution in [0.3, 0.4) is 0 Å². The number of pyridine rings is 1. The zero-order valence-electron chi connectivity index (χ0n) is 10.0. The van der Waals surface area contributed by atoms with Gasteiger partial charge in [-0.1, -0.05) is 11.6 Å². The minimum Gasteiger partial charge on any atom is -0.491 e. The molecule has 1 N–H and O–H groups in total. The summed E-state index contributed by atoms with van der Waals surface area (Å²) in [6.45, 7) is 2.12. The van der Waals surface area contributed by atoms with Gasteiger partial charge in [-0.2, -0.15) is 0 Å². The smallest absolute Gasteiger partial charge is 0.119 e. The number of hydrogen-bond donors (Lipinski definition) is 1. The van der Waals surface area contributed by atoms with Gasteiger partial charge in [-0.25, -0.2) is 0 Å². The second-order valence-electron chi connectivity index (χ2n) is 4.01. The third-order valence-electron chi connectivity index (χ3n) is 2.66. The maximum atomic E-state index is 10.0. The molecule has 0 radical (unpaired) electrons. The van der Waals surface area contributed by atoms with E-state index in [1.54, 1.807) is 36.7 Å². The number of rotatable bonds is 4. The predicted octanol–water partition coefficient (Wildman–Crippen LogP) is 3.16. The first-order valence-electron chi connectivity index (χ1n) is 5.64. The number of benzene rings is 1. The number of hydrogen-bond acceptors (Lipinski definition) is 3. The Kier molecular flexibility index (Phi) is 4.18. The molecule has 1 heterocycles. The van der Waals surface area contributed by atoms with Crippen molar-refractivity contribution in [3.05, 3.63) is 58.9 Å². The molecular formula is C14H14ClNO2. The maximum absolute atomic E-state index is 10.0. The fraction of sp³-hybridized carbons (Fsp3) is 0.214. The van der Waals surface area contributed by atoms with Crippen molar-refractivity contribution in [1.82, 2.24) is 4.98 Å². The molecule has 4 heteroatoms. The van der Waals surface area contributed by atoms with Crippen LogP contribution < -0.4 is 4.74 Å². The Bertz CT molecular complexity index is 513. The second-order valence-corrected chi connectivity index (χ2v) is 4.45. The van der Waals surface area contributed by atoms with Gasteiger partial charge in [0.2, 0.25) is 0 Å². The summed E-state index contributed by atoms with van der Waals surface area (Å²) in [5, 5.41) is 10.7. The second kappa shape index (κ2) is 5.85. The molecular weight excluding hydrogens is 250 g/mol. The molecule has 0 aliphatic carbocycles. The van der Waals surface area contributed by atoms with E-state index < -0.39 is 6.10 Å². The summed E-state index contributed by atoms with van der Waals surface area (Å²) in [5.74, 6) is 0.681. The van der Waals surface area contributed by atoms with Crippen molar-refractivity contribution in [3.8, 4) is 5.75 Å². The van der Waals surface area contributed by atoms with Gasteiger partial charge < -0.3 is 9.84 Å². The number of halogens is 1. The quantitative estimate of drug-likeness (QED) is 0.921. The van der Waals surface area contributed by atoms with Gasteiger partial charge in [0.05, 0.1) is 0 Å². The summed E-state index contributed by atoms with van der Waals surface area (Å²) in [5.41, 5.74) is 1.78. The first-order valence-corrected chi connectivity index (χ1v) is 6.01. The van der Waals surface area contributed by atoms with Gasteiger partial charge in [-0.15, -0.1) is 0 Å². The molecule has 1 aromatic carbocycles. The molecule has 2 rings (SSSR count). The Labute approximate surface area is 111 Å². The normalized spacial score (nSPS) is 12.2. The molecule has 0 fully saturated rings. The van der Waals surface area contributed by atoms with E-state index in [0.717, 1.165) is 11.1 Å². The SMILES string of the molecule is Cc1ccncc1C(O)COc1ccc(Cl)cc1. The minimum absolute atomic E-state index is 0.189. The van der Waals surface area contributed by atoms with E-state index in [9.17, 15) is 5.11 Å². The lowest BCUT2D eigenvalue weighted by Crippen LogP contribution is -2.11. The van der Waals surface area contributed by atoms with E-state index in [0.29, 0.717) is 10.8 Å². The highest BCUT2D eigenvalue weighted by Crippen LogP contribution is 2.20. The standard InChI is InChI=1S/C14H14ClNO2/c1-10-6-7-16-8-13(10)14(17)9-18-12-4-2-11(15)3-5-12/h2-8,14,17H,9H2,1H3. The van der Waals surface area contributed by atoms with Crippen LogP contribution in [-0.4, -0.2) is 16.7 Å². The lowest BCUT2D eigenvalue weighted by molar-refractivity contribution is 0.107. The van der Waals surface area contributed by atoms with Crippen molar-refractivity contribution in [2.75, 3.05) is 6.61 Å². The zero-order valence-corrected chi connectivity index (χ0v) is 10.8. The van der Waals surface area contributed by atoms with Gasteiger partial charge in [0.15, 0.2) is 0 Å². The summed E-state index contributed by atoms with van der Waals surface area (Å²) in [6.07, 6.45) is 2.67. The Hall–Kier alpha value is -1.58. The fourth-order valence-electron chi connectivity index (χ4n) is 1.62. The Morgan fingerprint density at radius 2 is 2.00 bits per heavy atom. The van der Waals surface area contributed by atoms with Crippen molar-refractivity contribution in [2.24, 2.45) is 0 Å². The van der Waals surface area contributed by atoms with Gasteiger partial charge >= 0.3 is 0 Å². The van der Waals surface area contributed by atoms with Crippen LogP contribution in [0.5, 0.6) is 5.75 Å². The van der Waals surface area contributed by atoms with Crippen LogP contribution in [0.15, 0.2) is 42.7 Å². The number of aryl methyl sites for hydroxylation is 1. The molecule has 1 atom stereocenters. The third-order valence-corrected chi connectivity index (χ3v) is 2.91. The largest absolute Gasteiger partial charge is 0.491 e. The van der Waals surface area contributed by atoms with Crippen LogP contribution in [0.25, 0.3) is 0 Å². The summed E-state index contributed by atoms with van der Waals surface area (Å²) in [7, 11) is 0. The van der Waals surface area contributed by atoms with Crippen molar-refractivity contribution >= 4 is 11.6 Å². The van der Waals surface area contributed by atoms with E-state index >= 15 is 0 Å². The number of nitrogens with zero attached hydrogens (tertiary/aromatic N) is 1. The highest BCUT2D eigenvalue weighted by atomic mass is 35.5. The summed E-state index contributed by atoms with van der Waals surface area (Å²) < 4.78 is 5.50. The first kappa shape index (κ1) is 12.9. The average molecular weight is 264 g/mol. The highest BCUT2D eigenvalue weighted by molar-refractivity contribution is 6.30. The van der Waals surface area contributed by atoms with Crippen molar-refractivity contribution in [3.63, 3.8) is 0 Å². The molecule has 3 nitrogen and oxygen atoms in total. The number of aliphatic hydroxyl groups excluding tert-OH is 1. The van der Waals surface area contributed by atoms with Crippen LogP contribution >= 0.6 is 11.6 Å². The van der Waals surface area contributed by atoms with E-state index in [1.807, 2.05) is 13.0 Å². The van der Waals surface area contributed by atoms with Crippen molar-refractivity contribution in [2.45, 2.75) is 13.0 Å². The molecule has 1 aromatic heterocycles. The van der Waals surface area contributed by atoms with Gasteiger partial charge in [-0.3, -0.25) is 4.98 Å². The minimum atomic E-state index is -0.686. The van der Waals surface area contributed by atoms with Crippen LogP contribution in [0.2, 0.25) is 5.02 Å². The lowest BCUT2D eigenvalue weighted by atomic mass is 10.1. The van der Waals surface area contributed by atoms with Gasteiger partial charge in [0.25, 0.3) is 0 Å². The maximum Gasteiger partial charge on any atom is 0.119 e. The number of ether oxygens (including phenoxy) is 1. The fourth-order valence-corrected chi connectivity index (χ4v) is 1.75. The molecule has 2 aromatic rings. The van der Waals surface area contributed by atoms with E-state index in [2.05, 4.69) is 4.98 Å². The van der Waals surface area contributed by atoms with Crippen molar-refractivity contribution in [1.29, 1.82) is 0 Å². The Morgan fingerprint density at radius 1 is 1.28 bits per heavy atom. The molecule has 0 spiro atoms. The van der Waals surface area contributed by atoms with Crippen LogP contribution in [0, 0.1) is 6.92 Å². The van der Waals surface area contributed by atoms with Crippen LogP contribution in [0.4, 0.5) is 0 Å². The molecule has 1 unspecified atom stereocenters. The molecule has 0 bridgehead atoms. The molecule has 0 amide bonds. The Morgan fingerprint density at radius 3 is 2.67 bits per heavy atom. The van der Waals surface area contributed by atoms with Gasteiger partial charge in [0.1, 0.15) is 18.5 Å². The summed E-state index contributed by atoms with van der Waals surface area (Å²) in [4.78, 5) is 4.00. The van der Waals surface area contributed by atoms with Crippen LogP contribution in [-0.2, 0) is 0 Å². The molecule has 18 heavy (non-hydrogen) atoms. The topological polar surface area (TPSA) is 42.4 Å². The number of aromatic nitrogens is 1. The first-order chi connectivity index (χ1) is 8.66. The molecule has 94 valence electrons. The number of aliphatic hydroxyl groups is 1. The van der Waals surface area contributed by atoms with E-state index in [-0.39, 0.29) is 6.61 Å². The molecule has 0 saturated heterocycles. The van der Waals surface area contributed by atoms with Crippen LogP contribution in [0.1, 0.15) is 17.2 Å². The molecule has 0 saturated carbocycles. The van der Waals surface area contributed by atoms with Gasteiger partial charge in [-0.05, 0) is 42.8 Å². The predicted molar refractivity (Wildman–Crippen MR) is 70.9 cm³/mol. The summed E-state index contributed by atoms with van der Waals surface area (Å²) >= 11 is 5.78. The summed E-state index contributed by atoms with van der Waals surface area (Å²) in [6, 6.07) is 8.90.